The van der Waals surface area contributed by atoms with Crippen LogP contribution < -0.4 is 5.32 Å². The third kappa shape index (κ3) is 2.20. The van der Waals surface area contributed by atoms with Crippen LogP contribution in [0, 0.1) is 0 Å². The molecule has 0 aliphatic carbocycles. The van der Waals surface area contributed by atoms with Crippen molar-refractivity contribution in [3.8, 4) is 0 Å². The fourth-order valence-corrected chi connectivity index (χ4v) is 1.57. The largest absolute Gasteiger partial charge is 0.471 e. The maximum absolute atomic E-state index is 12.1. The fraction of sp³-hybridized carbons (Fsp3) is 0.0909. The zero-order valence-corrected chi connectivity index (χ0v) is 8.84. The molecule has 0 radical (unpaired) electrons. The summed E-state index contributed by atoms with van der Waals surface area (Å²) >= 11 is 0. The molecule has 1 aromatic carbocycles. The van der Waals surface area contributed by atoms with E-state index >= 15 is 0 Å². The molecule has 0 saturated heterocycles. The van der Waals surface area contributed by atoms with Crippen molar-refractivity contribution in [2.45, 2.75) is 6.18 Å². The Labute approximate surface area is 98.8 Å². The van der Waals surface area contributed by atoms with E-state index in [4.69, 9.17) is 0 Å². The van der Waals surface area contributed by atoms with Gasteiger partial charge in [-0.25, -0.2) is 0 Å². The Balaban J connectivity index is 2.40. The number of carbonyl (C=O) groups excluding carboxylic acids is 2. The van der Waals surface area contributed by atoms with Gasteiger partial charge in [0, 0.05) is 28.4 Å². The summed E-state index contributed by atoms with van der Waals surface area (Å²) < 4.78 is 36.2. The molecule has 1 aromatic heterocycles. The van der Waals surface area contributed by atoms with Crippen LogP contribution in [-0.4, -0.2) is 23.4 Å². The molecule has 18 heavy (non-hydrogen) atoms. The van der Waals surface area contributed by atoms with Crippen molar-refractivity contribution < 1.29 is 22.8 Å². The summed E-state index contributed by atoms with van der Waals surface area (Å²) in [5.74, 6) is -2.08. The average molecular weight is 256 g/mol. The van der Waals surface area contributed by atoms with Gasteiger partial charge in [-0.1, -0.05) is 0 Å². The second-order valence-electron chi connectivity index (χ2n) is 3.57. The molecule has 0 aliphatic heterocycles. The van der Waals surface area contributed by atoms with Crippen molar-refractivity contribution in [2.75, 3.05) is 5.32 Å². The van der Waals surface area contributed by atoms with Crippen molar-refractivity contribution in [1.82, 2.24) is 4.98 Å². The van der Waals surface area contributed by atoms with Crippen LogP contribution in [0.3, 0.4) is 0 Å². The van der Waals surface area contributed by atoms with Crippen LogP contribution in [0.5, 0.6) is 0 Å². The monoisotopic (exact) mass is 256 g/mol. The fourth-order valence-electron chi connectivity index (χ4n) is 1.57. The van der Waals surface area contributed by atoms with Gasteiger partial charge >= 0.3 is 12.1 Å². The highest BCUT2D eigenvalue weighted by molar-refractivity contribution is 6.02. The number of anilines is 1. The predicted octanol–water partition coefficient (Wildman–Crippen LogP) is 2.48. The number of aldehydes is 1. The number of aromatic amines is 1. The number of nitrogens with one attached hydrogen (secondary N) is 2. The van der Waals surface area contributed by atoms with E-state index in [-0.39, 0.29) is 11.3 Å². The minimum atomic E-state index is -4.97. The lowest BCUT2D eigenvalue weighted by Gasteiger charge is -2.08. The number of hydrogen-bond donors (Lipinski definition) is 2. The Morgan fingerprint density at radius 1 is 1.33 bits per heavy atom. The topological polar surface area (TPSA) is 62.0 Å². The maximum atomic E-state index is 12.1. The smallest absolute Gasteiger partial charge is 0.361 e. The van der Waals surface area contributed by atoms with E-state index in [1.807, 2.05) is 0 Å². The van der Waals surface area contributed by atoms with Gasteiger partial charge in [0.15, 0.2) is 6.29 Å². The number of carbonyl (C=O) groups is 2. The number of hydrogen-bond acceptors (Lipinski definition) is 2. The predicted molar refractivity (Wildman–Crippen MR) is 58.4 cm³/mol. The van der Waals surface area contributed by atoms with E-state index in [0.29, 0.717) is 17.2 Å². The molecule has 2 rings (SSSR count). The standard InChI is InChI=1S/C11H7F3N2O2/c12-11(13,14)10(18)16-7-3-6(5-17)8-1-2-15-9(8)4-7/h1-5,15H,(H,16,18). The molecular weight excluding hydrogens is 249 g/mol. The van der Waals surface area contributed by atoms with Gasteiger partial charge in [0.1, 0.15) is 0 Å². The van der Waals surface area contributed by atoms with Crippen molar-refractivity contribution in [3.05, 3.63) is 30.0 Å². The van der Waals surface area contributed by atoms with E-state index in [1.165, 1.54) is 12.1 Å². The van der Waals surface area contributed by atoms with Crippen LogP contribution in [0.25, 0.3) is 10.9 Å². The van der Waals surface area contributed by atoms with Gasteiger partial charge in [-0.2, -0.15) is 13.2 Å². The third-order valence-electron chi connectivity index (χ3n) is 2.34. The minimum absolute atomic E-state index is 0.0885. The summed E-state index contributed by atoms with van der Waals surface area (Å²) in [6.07, 6.45) is -2.90. The van der Waals surface area contributed by atoms with Gasteiger partial charge < -0.3 is 10.3 Å². The van der Waals surface area contributed by atoms with Gasteiger partial charge in [-0.3, -0.25) is 9.59 Å². The summed E-state index contributed by atoms with van der Waals surface area (Å²) in [4.78, 5) is 24.3. The molecule has 0 fully saturated rings. The van der Waals surface area contributed by atoms with Crippen molar-refractivity contribution in [2.24, 2.45) is 0 Å². The normalized spacial score (nSPS) is 11.5. The summed E-state index contributed by atoms with van der Waals surface area (Å²) in [6, 6.07) is 4.13. The highest BCUT2D eigenvalue weighted by Gasteiger charge is 2.38. The first-order valence-corrected chi connectivity index (χ1v) is 4.86. The molecular formula is C11H7F3N2O2. The minimum Gasteiger partial charge on any atom is -0.361 e. The number of halogens is 3. The van der Waals surface area contributed by atoms with Gasteiger partial charge in [-0.15, -0.1) is 0 Å². The molecule has 1 amide bonds. The van der Waals surface area contributed by atoms with E-state index in [0.717, 1.165) is 0 Å². The number of H-pyrrole nitrogens is 1. The third-order valence-corrected chi connectivity index (χ3v) is 2.34. The lowest BCUT2D eigenvalue weighted by atomic mass is 10.1. The van der Waals surface area contributed by atoms with E-state index in [2.05, 4.69) is 4.98 Å². The van der Waals surface area contributed by atoms with Crippen LogP contribution in [0.15, 0.2) is 24.4 Å². The lowest BCUT2D eigenvalue weighted by Crippen LogP contribution is -2.29. The van der Waals surface area contributed by atoms with Gasteiger partial charge in [0.05, 0.1) is 0 Å². The van der Waals surface area contributed by atoms with E-state index in [1.54, 1.807) is 17.6 Å². The van der Waals surface area contributed by atoms with Crippen LogP contribution in [0.4, 0.5) is 18.9 Å². The molecule has 2 N–H and O–H groups in total. The van der Waals surface area contributed by atoms with E-state index < -0.39 is 12.1 Å². The van der Waals surface area contributed by atoms with Crippen molar-refractivity contribution in [3.63, 3.8) is 0 Å². The molecule has 7 heteroatoms. The maximum Gasteiger partial charge on any atom is 0.471 e. The Morgan fingerprint density at radius 2 is 2.06 bits per heavy atom. The summed E-state index contributed by atoms with van der Waals surface area (Å²) in [7, 11) is 0. The number of amides is 1. The van der Waals surface area contributed by atoms with Crippen molar-refractivity contribution in [1.29, 1.82) is 0 Å². The lowest BCUT2D eigenvalue weighted by molar-refractivity contribution is -0.167. The molecule has 4 nitrogen and oxygen atoms in total. The van der Waals surface area contributed by atoms with Gasteiger partial charge in [0.25, 0.3) is 0 Å². The average Bonchev–Trinajstić information content (AvgIpc) is 2.74. The molecule has 0 spiro atoms. The molecule has 94 valence electrons. The number of alkyl halides is 3. The molecule has 0 unspecified atom stereocenters. The number of aromatic nitrogens is 1. The number of rotatable bonds is 2. The van der Waals surface area contributed by atoms with Crippen molar-refractivity contribution >= 4 is 28.8 Å². The first kappa shape index (κ1) is 12.2. The summed E-state index contributed by atoms with van der Waals surface area (Å²) in [5, 5.41) is 2.27. The Morgan fingerprint density at radius 3 is 2.67 bits per heavy atom. The molecule has 2 aromatic rings. The zero-order valence-electron chi connectivity index (χ0n) is 8.84. The number of benzene rings is 1. The second-order valence-corrected chi connectivity index (χ2v) is 3.57. The van der Waals surface area contributed by atoms with E-state index in [9.17, 15) is 22.8 Å². The summed E-state index contributed by atoms with van der Waals surface area (Å²) in [6.45, 7) is 0. The quantitative estimate of drug-likeness (QED) is 0.811. The molecule has 0 atom stereocenters. The van der Waals surface area contributed by atoms with Crippen LogP contribution >= 0.6 is 0 Å². The van der Waals surface area contributed by atoms with Crippen LogP contribution in [0.2, 0.25) is 0 Å². The molecule has 0 aliphatic rings. The van der Waals surface area contributed by atoms with Crippen LogP contribution in [0.1, 0.15) is 10.4 Å². The highest BCUT2D eigenvalue weighted by Crippen LogP contribution is 2.24. The first-order chi connectivity index (χ1) is 8.41. The first-order valence-electron chi connectivity index (χ1n) is 4.86. The Kier molecular flexibility index (Phi) is 2.82. The van der Waals surface area contributed by atoms with Gasteiger partial charge in [0.2, 0.25) is 0 Å². The highest BCUT2D eigenvalue weighted by atomic mass is 19.4. The second kappa shape index (κ2) is 4.17. The molecule has 1 heterocycles. The Hall–Kier alpha value is -2.31. The molecule has 0 bridgehead atoms. The Bertz CT molecular complexity index is 616. The molecule has 0 saturated carbocycles. The summed E-state index contributed by atoms with van der Waals surface area (Å²) in [5.41, 5.74) is 0.581. The number of fused-ring (bicyclic) bond motifs is 1. The SMILES string of the molecule is O=Cc1cc(NC(=O)C(F)(F)F)cc2[nH]ccc12. The van der Waals surface area contributed by atoms with Crippen LogP contribution in [-0.2, 0) is 4.79 Å². The van der Waals surface area contributed by atoms with Gasteiger partial charge in [-0.05, 0) is 18.2 Å². The zero-order chi connectivity index (χ0) is 13.3.